The predicted molar refractivity (Wildman–Crippen MR) is 69.8 cm³/mol. The first kappa shape index (κ1) is 13.5. The molecule has 0 saturated carbocycles. The molecule has 1 fully saturated rings. The molecule has 4 heteroatoms. The van der Waals surface area contributed by atoms with Crippen LogP contribution in [0.4, 0.5) is 0 Å². The van der Waals surface area contributed by atoms with Crippen LogP contribution in [0.5, 0.6) is 0 Å². The Hall–Kier alpha value is -0.940. The highest BCUT2D eigenvalue weighted by Crippen LogP contribution is 2.48. The van der Waals surface area contributed by atoms with Crippen molar-refractivity contribution in [3.63, 3.8) is 0 Å². The molecule has 1 radical (unpaired) electrons. The van der Waals surface area contributed by atoms with E-state index in [-0.39, 0.29) is 0 Å². The van der Waals surface area contributed by atoms with Gasteiger partial charge in [0.05, 0.1) is 5.54 Å². The largest absolute Gasteiger partial charge is 0.783 e. The Morgan fingerprint density at radius 3 is 1.94 bits per heavy atom. The topological polar surface area (TPSA) is 49.4 Å². The summed E-state index contributed by atoms with van der Waals surface area (Å²) in [7, 11) is 0. The highest BCUT2D eigenvalue weighted by atomic mass is 16.6. The molecular formula is C14H20N2O2-. The average Bonchev–Trinajstić information content (AvgIpc) is 2.41. The number of rotatable bonds is 1. The highest BCUT2D eigenvalue weighted by Gasteiger charge is 2.55. The van der Waals surface area contributed by atoms with Crippen molar-refractivity contribution in [3.05, 3.63) is 40.6 Å². The lowest BCUT2D eigenvalue weighted by Crippen LogP contribution is -2.51. The van der Waals surface area contributed by atoms with Crippen LogP contribution < -0.4 is 0 Å². The molecule has 4 nitrogen and oxygen atoms in total. The van der Waals surface area contributed by atoms with Crippen LogP contribution in [-0.4, -0.2) is 21.2 Å². The van der Waals surface area contributed by atoms with Gasteiger partial charge in [0, 0.05) is 5.54 Å². The first-order chi connectivity index (χ1) is 8.19. The van der Waals surface area contributed by atoms with Gasteiger partial charge in [0.25, 0.3) is 0 Å². The van der Waals surface area contributed by atoms with E-state index in [1.165, 1.54) is 0 Å². The van der Waals surface area contributed by atoms with Crippen LogP contribution in [0.1, 0.15) is 45.0 Å². The molecule has 0 aliphatic carbocycles. The van der Waals surface area contributed by atoms with E-state index in [1.54, 1.807) is 0 Å². The minimum Gasteiger partial charge on any atom is -0.783 e. The molecule has 0 N–H and O–H groups in total. The van der Waals surface area contributed by atoms with Crippen LogP contribution in [0.3, 0.4) is 0 Å². The van der Waals surface area contributed by atoms with E-state index in [2.05, 4.69) is 0 Å². The van der Waals surface area contributed by atoms with E-state index < -0.39 is 17.2 Å². The molecule has 2 rings (SSSR count). The third-order valence-electron chi connectivity index (χ3n) is 4.42. The summed E-state index contributed by atoms with van der Waals surface area (Å²) in [6.45, 7) is 9.26. The molecule has 1 heterocycles. The lowest BCUT2D eigenvalue weighted by atomic mass is 9.84. The van der Waals surface area contributed by atoms with Gasteiger partial charge in [-0.15, -0.1) is 10.3 Å². The van der Waals surface area contributed by atoms with Gasteiger partial charge in [-0.2, -0.15) is 0 Å². The van der Waals surface area contributed by atoms with Gasteiger partial charge in [0.2, 0.25) is 0 Å². The average molecular weight is 248 g/mol. The molecular weight excluding hydrogens is 228 g/mol. The lowest BCUT2D eigenvalue weighted by Gasteiger charge is -2.44. The zero-order chi connectivity index (χ0) is 13.7. The van der Waals surface area contributed by atoms with Crippen molar-refractivity contribution < 1.29 is 5.21 Å². The second kappa shape index (κ2) is 4.03. The minimum absolute atomic E-state index is 0.718. The summed E-state index contributed by atoms with van der Waals surface area (Å²) in [6, 6.07) is 7.56. The van der Waals surface area contributed by atoms with Gasteiger partial charge in [0.1, 0.15) is 6.17 Å². The molecule has 0 amide bonds. The molecule has 99 valence electrons. The van der Waals surface area contributed by atoms with E-state index in [1.807, 2.05) is 58.9 Å². The third kappa shape index (κ3) is 1.68. The van der Waals surface area contributed by atoms with Crippen molar-refractivity contribution in [1.82, 2.24) is 10.1 Å². The monoisotopic (exact) mass is 248 g/mol. The number of hydroxylamine groups is 4. The molecule has 0 spiro atoms. The van der Waals surface area contributed by atoms with Crippen molar-refractivity contribution >= 4 is 0 Å². The number of nitrogens with zero attached hydrogens (tertiary/aromatic N) is 2. The van der Waals surface area contributed by atoms with E-state index >= 15 is 0 Å². The van der Waals surface area contributed by atoms with Crippen molar-refractivity contribution in [1.29, 1.82) is 0 Å². The SMILES string of the molecule is Cc1ccc(C2N([O])C(C)(C)C(C)(C)N2[O-])cc1. The van der Waals surface area contributed by atoms with Gasteiger partial charge in [-0.05, 0) is 40.2 Å². The van der Waals surface area contributed by atoms with Gasteiger partial charge in [0.15, 0.2) is 0 Å². The fraction of sp³-hybridized carbons (Fsp3) is 0.571. The van der Waals surface area contributed by atoms with Gasteiger partial charge in [-0.3, -0.25) is 0 Å². The second-order valence-electron chi connectivity index (χ2n) is 6.05. The van der Waals surface area contributed by atoms with E-state index in [0.717, 1.165) is 21.3 Å². The Labute approximate surface area is 108 Å². The zero-order valence-corrected chi connectivity index (χ0v) is 11.6. The Kier molecular flexibility index (Phi) is 3.02. The fourth-order valence-corrected chi connectivity index (χ4v) is 2.26. The van der Waals surface area contributed by atoms with E-state index in [9.17, 15) is 10.4 Å². The molecule has 1 aliphatic rings. The molecule has 0 atom stereocenters. The van der Waals surface area contributed by atoms with Gasteiger partial charge in [-0.1, -0.05) is 29.8 Å². The summed E-state index contributed by atoms with van der Waals surface area (Å²) in [5.74, 6) is 0. The van der Waals surface area contributed by atoms with Crippen molar-refractivity contribution in [2.75, 3.05) is 0 Å². The summed E-state index contributed by atoms with van der Waals surface area (Å²) in [4.78, 5) is 0. The summed E-state index contributed by atoms with van der Waals surface area (Å²) < 4.78 is 0. The zero-order valence-electron chi connectivity index (χ0n) is 11.6. The molecule has 1 aromatic carbocycles. The Morgan fingerprint density at radius 2 is 1.56 bits per heavy atom. The smallest absolute Gasteiger partial charge is 0.105 e. The molecule has 0 aromatic heterocycles. The first-order valence-corrected chi connectivity index (χ1v) is 6.19. The van der Waals surface area contributed by atoms with Crippen LogP contribution in [0, 0.1) is 12.1 Å². The Bertz CT molecular complexity index is 420. The minimum atomic E-state index is -0.754. The fourth-order valence-electron chi connectivity index (χ4n) is 2.26. The normalized spacial score (nSPS) is 27.6. The molecule has 0 unspecified atom stereocenters. The maximum atomic E-state index is 12.4. The molecule has 1 aromatic rings. The van der Waals surface area contributed by atoms with Crippen molar-refractivity contribution in [3.8, 4) is 0 Å². The van der Waals surface area contributed by atoms with Gasteiger partial charge < -0.3 is 10.3 Å². The molecule has 0 bridgehead atoms. The maximum absolute atomic E-state index is 12.4. The summed E-state index contributed by atoms with van der Waals surface area (Å²) in [6.07, 6.45) is -0.754. The second-order valence-corrected chi connectivity index (χ2v) is 6.05. The summed E-state index contributed by atoms with van der Waals surface area (Å²) in [5.41, 5.74) is 0.434. The quantitative estimate of drug-likeness (QED) is 0.767. The van der Waals surface area contributed by atoms with E-state index in [0.29, 0.717) is 0 Å². The van der Waals surface area contributed by atoms with Crippen LogP contribution in [0.2, 0.25) is 0 Å². The lowest BCUT2D eigenvalue weighted by molar-refractivity contribution is -0.232. The Balaban J connectivity index is 2.44. The molecule has 1 aliphatic heterocycles. The van der Waals surface area contributed by atoms with Crippen LogP contribution in [0.15, 0.2) is 24.3 Å². The Morgan fingerprint density at radius 1 is 1.06 bits per heavy atom. The highest BCUT2D eigenvalue weighted by molar-refractivity contribution is 5.27. The van der Waals surface area contributed by atoms with E-state index in [4.69, 9.17) is 0 Å². The summed E-state index contributed by atoms with van der Waals surface area (Å²) in [5, 5.41) is 26.7. The van der Waals surface area contributed by atoms with Crippen LogP contribution in [0.25, 0.3) is 0 Å². The predicted octanol–water partition coefficient (Wildman–Crippen LogP) is 3.01. The number of hydrogen-bond donors (Lipinski definition) is 0. The first-order valence-electron chi connectivity index (χ1n) is 6.19. The van der Waals surface area contributed by atoms with Crippen LogP contribution in [-0.2, 0) is 5.21 Å². The van der Waals surface area contributed by atoms with Crippen molar-refractivity contribution in [2.45, 2.75) is 51.9 Å². The maximum Gasteiger partial charge on any atom is 0.105 e. The van der Waals surface area contributed by atoms with Gasteiger partial charge in [-0.25, -0.2) is 0 Å². The molecule has 1 saturated heterocycles. The third-order valence-corrected chi connectivity index (χ3v) is 4.42. The van der Waals surface area contributed by atoms with Crippen LogP contribution >= 0.6 is 0 Å². The molecule has 18 heavy (non-hydrogen) atoms. The standard InChI is InChI=1S/C14H20N2O2/c1-10-6-8-11(9-7-10)12-15(17)13(2,3)14(4,5)16(12)18/h6-9,12H,1-5H3/q-1. The van der Waals surface area contributed by atoms with Gasteiger partial charge >= 0.3 is 0 Å². The number of aryl methyl sites for hydroxylation is 1. The van der Waals surface area contributed by atoms with Crippen molar-refractivity contribution in [2.24, 2.45) is 0 Å². The number of hydrogen-bond acceptors (Lipinski definition) is 3. The number of benzene rings is 1. The summed E-state index contributed by atoms with van der Waals surface area (Å²) >= 11 is 0.